The first-order chi connectivity index (χ1) is 16.4. The molecule has 5 heteroatoms. The first kappa shape index (κ1) is 25.1. The van der Waals surface area contributed by atoms with Crippen molar-refractivity contribution in [2.24, 2.45) is 17.8 Å². The third-order valence-corrected chi connectivity index (χ3v) is 8.02. The van der Waals surface area contributed by atoms with E-state index in [4.69, 9.17) is 0 Å². The molecular formula is C29H36F4O. The molecule has 0 saturated heterocycles. The number of rotatable bonds is 9. The van der Waals surface area contributed by atoms with Gasteiger partial charge in [-0.15, -0.1) is 0 Å². The van der Waals surface area contributed by atoms with Gasteiger partial charge in [-0.05, 0) is 84.6 Å². The fourth-order valence-corrected chi connectivity index (χ4v) is 6.10. The molecule has 2 fully saturated rings. The second kappa shape index (κ2) is 11.1. The lowest BCUT2D eigenvalue weighted by Gasteiger charge is -2.42. The summed E-state index contributed by atoms with van der Waals surface area (Å²) in [4.78, 5) is 0. The van der Waals surface area contributed by atoms with Crippen LogP contribution in [0.4, 0.5) is 17.6 Å². The molecule has 1 unspecified atom stereocenters. The van der Waals surface area contributed by atoms with E-state index in [1.54, 1.807) is 12.1 Å². The van der Waals surface area contributed by atoms with Crippen molar-refractivity contribution in [1.29, 1.82) is 0 Å². The molecule has 0 aromatic heterocycles. The quantitative estimate of drug-likeness (QED) is 0.259. The largest absolute Gasteiger partial charge is 0.461 e. The van der Waals surface area contributed by atoms with Crippen molar-refractivity contribution in [1.82, 2.24) is 0 Å². The Morgan fingerprint density at radius 2 is 1.44 bits per heavy atom. The normalized spacial score (nSPS) is 25.2. The van der Waals surface area contributed by atoms with E-state index in [-0.39, 0.29) is 5.75 Å². The van der Waals surface area contributed by atoms with Gasteiger partial charge in [0.1, 0.15) is 5.75 Å². The zero-order chi connectivity index (χ0) is 24.1. The van der Waals surface area contributed by atoms with Crippen LogP contribution in [0.2, 0.25) is 0 Å². The minimum atomic E-state index is -4.49. The van der Waals surface area contributed by atoms with Gasteiger partial charge in [-0.25, -0.2) is 0 Å². The molecule has 0 aliphatic heterocycles. The Balaban J connectivity index is 1.32. The lowest BCUT2D eigenvalue weighted by Crippen LogP contribution is -2.33. The number of hydrogen-bond acceptors (Lipinski definition) is 1. The molecule has 34 heavy (non-hydrogen) atoms. The summed E-state index contributed by atoms with van der Waals surface area (Å²) in [6.07, 6.45) is 5.24. The average molecular weight is 477 g/mol. The van der Waals surface area contributed by atoms with Crippen LogP contribution < -0.4 is 4.74 Å². The lowest BCUT2D eigenvalue weighted by molar-refractivity contribution is -0.253. The SMILES string of the molecule is CCCCCC1CC[C@@H]2C[C@H](c3ccc(-c4ccc(OC(F)(F)C(F)F)cc4)cc3)CC[C@@H]2C1. The summed E-state index contributed by atoms with van der Waals surface area (Å²) in [5.74, 6) is 3.05. The molecule has 0 radical (unpaired) electrons. The molecule has 2 aromatic carbocycles. The smallest absolute Gasteiger partial charge is 0.428 e. The van der Waals surface area contributed by atoms with Gasteiger partial charge in [0.15, 0.2) is 0 Å². The van der Waals surface area contributed by atoms with Crippen molar-refractivity contribution in [3.8, 4) is 16.9 Å². The number of benzene rings is 2. The van der Waals surface area contributed by atoms with E-state index < -0.39 is 12.5 Å². The van der Waals surface area contributed by atoms with Crippen molar-refractivity contribution in [3.05, 3.63) is 54.1 Å². The fourth-order valence-electron chi connectivity index (χ4n) is 6.10. The number of unbranched alkanes of at least 4 members (excludes halogenated alkanes) is 2. The van der Waals surface area contributed by atoms with Crippen molar-refractivity contribution < 1.29 is 22.3 Å². The van der Waals surface area contributed by atoms with Gasteiger partial charge >= 0.3 is 12.5 Å². The summed E-state index contributed by atoms with van der Waals surface area (Å²) in [6, 6.07) is 14.4. The summed E-state index contributed by atoms with van der Waals surface area (Å²) in [5.41, 5.74) is 3.19. The zero-order valence-electron chi connectivity index (χ0n) is 20.0. The van der Waals surface area contributed by atoms with Crippen molar-refractivity contribution in [2.45, 2.75) is 89.6 Å². The van der Waals surface area contributed by atoms with Crippen LogP contribution in [0.25, 0.3) is 11.1 Å². The Labute approximate surface area is 200 Å². The number of alkyl halides is 4. The molecule has 0 amide bonds. The topological polar surface area (TPSA) is 9.23 Å². The van der Waals surface area contributed by atoms with Gasteiger partial charge in [-0.2, -0.15) is 17.6 Å². The molecule has 0 heterocycles. The van der Waals surface area contributed by atoms with Crippen LogP contribution in [0.3, 0.4) is 0 Å². The molecule has 0 N–H and O–H groups in total. The van der Waals surface area contributed by atoms with Gasteiger partial charge in [0, 0.05) is 0 Å². The highest BCUT2D eigenvalue weighted by Gasteiger charge is 2.44. The molecule has 4 atom stereocenters. The number of hydrogen-bond donors (Lipinski definition) is 0. The molecule has 2 aliphatic rings. The standard InChI is InChI=1S/C29H36F4O/c1-2-3-4-5-20-6-7-26-19-25(13-12-24(26)18-20)23-10-8-21(9-11-23)22-14-16-27(17-15-22)34-29(32,33)28(30)31/h8-11,14-17,20,24-26,28H,2-7,12-13,18-19H2,1H3/t20?,24-,25-,26-/m1/s1. The van der Waals surface area contributed by atoms with Crippen LogP contribution in [0, 0.1) is 17.8 Å². The van der Waals surface area contributed by atoms with Gasteiger partial charge in [-0.3, -0.25) is 0 Å². The Morgan fingerprint density at radius 1 is 0.824 bits per heavy atom. The Hall–Kier alpha value is -2.04. The molecule has 0 bridgehead atoms. The average Bonchev–Trinajstić information content (AvgIpc) is 2.84. The molecule has 1 nitrogen and oxygen atoms in total. The van der Waals surface area contributed by atoms with Crippen LogP contribution >= 0.6 is 0 Å². The lowest BCUT2D eigenvalue weighted by atomic mass is 9.63. The highest BCUT2D eigenvalue weighted by atomic mass is 19.3. The van der Waals surface area contributed by atoms with Crippen molar-refractivity contribution in [2.75, 3.05) is 0 Å². The van der Waals surface area contributed by atoms with Crippen molar-refractivity contribution in [3.63, 3.8) is 0 Å². The molecule has 0 spiro atoms. The van der Waals surface area contributed by atoms with E-state index in [0.717, 1.165) is 28.9 Å². The second-order valence-corrected chi connectivity index (χ2v) is 10.3. The van der Waals surface area contributed by atoms with Gasteiger partial charge in [0.25, 0.3) is 0 Å². The summed E-state index contributed by atoms with van der Waals surface area (Å²) < 4.78 is 55.0. The van der Waals surface area contributed by atoms with E-state index in [1.807, 2.05) is 0 Å². The van der Waals surface area contributed by atoms with Crippen LogP contribution in [0.5, 0.6) is 5.75 Å². The molecule has 4 rings (SSSR count). The molecule has 2 saturated carbocycles. The van der Waals surface area contributed by atoms with Gasteiger partial charge in [0.05, 0.1) is 0 Å². The monoisotopic (exact) mass is 476 g/mol. The number of fused-ring (bicyclic) bond motifs is 1. The third kappa shape index (κ3) is 6.14. The summed E-state index contributed by atoms with van der Waals surface area (Å²) in [5, 5.41) is 0. The fraction of sp³-hybridized carbons (Fsp3) is 0.586. The molecule has 2 aromatic rings. The maximum Gasteiger partial charge on any atom is 0.461 e. The molecule has 186 valence electrons. The maximum atomic E-state index is 13.1. The second-order valence-electron chi connectivity index (χ2n) is 10.3. The van der Waals surface area contributed by atoms with Crippen LogP contribution in [0.15, 0.2) is 48.5 Å². The maximum absolute atomic E-state index is 13.1. The Morgan fingerprint density at radius 3 is 2.09 bits per heavy atom. The Bertz CT molecular complexity index is 893. The predicted molar refractivity (Wildman–Crippen MR) is 129 cm³/mol. The number of halogens is 4. The summed E-state index contributed by atoms with van der Waals surface area (Å²) in [7, 11) is 0. The van der Waals surface area contributed by atoms with Gasteiger partial charge < -0.3 is 4.74 Å². The van der Waals surface area contributed by atoms with E-state index in [1.165, 1.54) is 81.9 Å². The predicted octanol–water partition coefficient (Wildman–Crippen LogP) is 9.47. The minimum Gasteiger partial charge on any atom is -0.428 e. The van der Waals surface area contributed by atoms with E-state index in [9.17, 15) is 17.6 Å². The Kier molecular flexibility index (Phi) is 8.21. The van der Waals surface area contributed by atoms with Crippen molar-refractivity contribution >= 4 is 0 Å². The van der Waals surface area contributed by atoms with E-state index >= 15 is 0 Å². The van der Waals surface area contributed by atoms with Gasteiger partial charge in [-0.1, -0.05) is 75.4 Å². The summed E-state index contributed by atoms with van der Waals surface area (Å²) >= 11 is 0. The highest BCUT2D eigenvalue weighted by Crippen LogP contribution is 2.48. The zero-order valence-corrected chi connectivity index (χ0v) is 20.0. The van der Waals surface area contributed by atoms with Gasteiger partial charge in [0.2, 0.25) is 0 Å². The molecule has 2 aliphatic carbocycles. The third-order valence-electron chi connectivity index (χ3n) is 8.02. The van der Waals surface area contributed by atoms with Crippen LogP contribution in [-0.4, -0.2) is 12.5 Å². The van der Waals surface area contributed by atoms with E-state index in [0.29, 0.717) is 5.92 Å². The first-order valence-corrected chi connectivity index (χ1v) is 12.9. The van der Waals surface area contributed by atoms with Crippen LogP contribution in [0.1, 0.15) is 82.6 Å². The first-order valence-electron chi connectivity index (χ1n) is 12.9. The summed E-state index contributed by atoms with van der Waals surface area (Å²) in [6.45, 7) is 2.28. The number of ether oxygens (including phenoxy) is 1. The molecular weight excluding hydrogens is 440 g/mol. The van der Waals surface area contributed by atoms with Crippen LogP contribution in [-0.2, 0) is 0 Å². The minimum absolute atomic E-state index is 0.275. The highest BCUT2D eigenvalue weighted by molar-refractivity contribution is 5.64. The van der Waals surface area contributed by atoms with E-state index in [2.05, 4.69) is 35.9 Å².